The summed E-state index contributed by atoms with van der Waals surface area (Å²) in [7, 11) is -3.13. The number of hydrogen-bond acceptors (Lipinski definition) is 10. The number of aromatic nitrogens is 5. The zero-order valence-electron chi connectivity index (χ0n) is 21.9. The topological polar surface area (TPSA) is 185 Å². The van der Waals surface area contributed by atoms with E-state index in [1.807, 2.05) is 4.90 Å². The minimum atomic E-state index is -4.73. The Labute approximate surface area is 227 Å². The van der Waals surface area contributed by atoms with E-state index in [1.165, 1.54) is 19.3 Å². The first-order valence-corrected chi connectivity index (χ1v) is 14.2. The average Bonchev–Trinajstić information content (AvgIpc) is 3.25. The molecule has 0 radical (unpaired) electrons. The monoisotopic (exact) mass is 578 g/mol. The van der Waals surface area contributed by atoms with E-state index in [0.29, 0.717) is 35.5 Å². The third-order valence-corrected chi connectivity index (χ3v) is 7.40. The van der Waals surface area contributed by atoms with Gasteiger partial charge in [-0.25, -0.2) is 23.3 Å². The number of ether oxygens (including phenoxy) is 1. The lowest BCUT2D eigenvalue weighted by Crippen LogP contribution is -2.54. The highest BCUT2D eigenvalue weighted by Gasteiger charge is 2.35. The molecular weight excluding hydrogens is 549 g/mol. The Morgan fingerprint density at radius 3 is 2.58 bits per heavy atom. The molecule has 4 heterocycles. The number of phosphoric acid groups is 1. The minimum absolute atomic E-state index is 0.00921. The van der Waals surface area contributed by atoms with Gasteiger partial charge in [-0.15, -0.1) is 0 Å². The molecule has 1 aliphatic rings. The molecule has 4 aromatic rings. The van der Waals surface area contributed by atoms with Gasteiger partial charge in [-0.3, -0.25) is 4.52 Å². The van der Waals surface area contributed by atoms with E-state index in [9.17, 15) is 8.96 Å². The van der Waals surface area contributed by atoms with Gasteiger partial charge in [0.05, 0.1) is 34.4 Å². The van der Waals surface area contributed by atoms with E-state index in [0.717, 1.165) is 18.9 Å². The Balaban J connectivity index is 1.53. The standard InChI is InChI=1S/C24H29F2N8O5P/c1-4-5-15(27)12-9-34(10-12)23-18-17-19(26)14(25)6-16(28-3)20(17)31-22(18)32-24(33-23)38-13-7-29-21(30-8-13)11(2)39-40(35,36)37/h6-8,11-12,15,28H,4-5,9-10,27H2,1-3H3,(H,31,32,33)(H2,35,36,37)/t11-,15+/m1/s1. The molecule has 2 atom stereocenters. The summed E-state index contributed by atoms with van der Waals surface area (Å²) in [4.78, 5) is 40.0. The summed E-state index contributed by atoms with van der Waals surface area (Å²) in [5.41, 5.74) is 7.23. The predicted molar refractivity (Wildman–Crippen MR) is 143 cm³/mol. The highest BCUT2D eigenvalue weighted by molar-refractivity contribution is 7.46. The van der Waals surface area contributed by atoms with Gasteiger partial charge >= 0.3 is 13.8 Å². The Kier molecular flexibility index (Phi) is 7.59. The van der Waals surface area contributed by atoms with Crippen LogP contribution < -0.4 is 20.7 Å². The molecule has 6 N–H and O–H groups in total. The molecule has 0 saturated carbocycles. The fourth-order valence-corrected chi connectivity index (χ4v) is 5.31. The van der Waals surface area contributed by atoms with Gasteiger partial charge < -0.3 is 35.5 Å². The van der Waals surface area contributed by atoms with Crippen LogP contribution in [0.1, 0.15) is 38.6 Å². The van der Waals surface area contributed by atoms with E-state index in [2.05, 4.69) is 41.7 Å². The van der Waals surface area contributed by atoms with Crippen LogP contribution in [0, 0.1) is 17.6 Å². The van der Waals surface area contributed by atoms with Crippen molar-refractivity contribution in [2.75, 3.05) is 30.4 Å². The van der Waals surface area contributed by atoms with Crippen molar-refractivity contribution < 1.29 is 32.4 Å². The molecule has 214 valence electrons. The molecule has 0 aliphatic carbocycles. The van der Waals surface area contributed by atoms with E-state index in [-0.39, 0.29) is 40.6 Å². The van der Waals surface area contributed by atoms with Crippen LogP contribution in [0.3, 0.4) is 0 Å². The Hall–Kier alpha value is -3.49. The van der Waals surface area contributed by atoms with Gasteiger partial charge in [-0.2, -0.15) is 9.97 Å². The molecule has 5 rings (SSSR count). The van der Waals surface area contributed by atoms with Gasteiger partial charge in [-0.1, -0.05) is 13.3 Å². The number of aromatic amines is 1. The molecular formula is C24H29F2N8O5P. The molecule has 0 bridgehead atoms. The molecule has 3 aromatic heterocycles. The van der Waals surface area contributed by atoms with Crippen molar-refractivity contribution in [3.05, 3.63) is 35.9 Å². The number of H-pyrrole nitrogens is 1. The van der Waals surface area contributed by atoms with Crippen LogP contribution in [-0.4, -0.2) is 60.9 Å². The number of fused-ring (bicyclic) bond motifs is 3. The lowest BCUT2D eigenvalue weighted by Gasteiger charge is -2.43. The predicted octanol–water partition coefficient (Wildman–Crippen LogP) is 3.75. The van der Waals surface area contributed by atoms with Crippen LogP contribution in [-0.2, 0) is 9.09 Å². The Morgan fingerprint density at radius 2 is 1.95 bits per heavy atom. The van der Waals surface area contributed by atoms with Crippen LogP contribution in [0.2, 0.25) is 0 Å². The van der Waals surface area contributed by atoms with Crippen molar-refractivity contribution in [3.8, 4) is 11.8 Å². The molecule has 1 saturated heterocycles. The van der Waals surface area contributed by atoms with Gasteiger partial charge in [0.2, 0.25) is 0 Å². The normalized spacial score (nSPS) is 15.8. The van der Waals surface area contributed by atoms with E-state index < -0.39 is 25.6 Å². The zero-order valence-corrected chi connectivity index (χ0v) is 22.8. The summed E-state index contributed by atoms with van der Waals surface area (Å²) < 4.78 is 51.2. The first kappa shape index (κ1) is 28.1. The third-order valence-electron chi connectivity index (χ3n) is 6.80. The molecule has 40 heavy (non-hydrogen) atoms. The summed E-state index contributed by atoms with van der Waals surface area (Å²) >= 11 is 0. The van der Waals surface area contributed by atoms with Crippen molar-refractivity contribution >= 4 is 41.3 Å². The molecule has 0 unspecified atom stereocenters. The smallest absolute Gasteiger partial charge is 0.421 e. The van der Waals surface area contributed by atoms with Crippen molar-refractivity contribution in [2.45, 2.75) is 38.8 Å². The summed E-state index contributed by atoms with van der Waals surface area (Å²) in [6, 6.07) is 0.977. The van der Waals surface area contributed by atoms with Crippen molar-refractivity contribution in [1.29, 1.82) is 0 Å². The Morgan fingerprint density at radius 1 is 1.25 bits per heavy atom. The van der Waals surface area contributed by atoms with Crippen LogP contribution in [0.4, 0.5) is 20.3 Å². The number of hydrogen-bond donors (Lipinski definition) is 5. The highest BCUT2D eigenvalue weighted by Crippen LogP contribution is 2.42. The maximum atomic E-state index is 15.2. The first-order chi connectivity index (χ1) is 19.0. The number of rotatable bonds is 10. The second-order valence-electron chi connectivity index (χ2n) is 9.63. The molecule has 1 aromatic carbocycles. The number of phosphoric ester groups is 1. The third kappa shape index (κ3) is 5.43. The lowest BCUT2D eigenvalue weighted by molar-refractivity contribution is 0.140. The number of nitrogens with one attached hydrogen (secondary N) is 2. The van der Waals surface area contributed by atoms with Gasteiger partial charge in [0.1, 0.15) is 17.6 Å². The average molecular weight is 579 g/mol. The highest BCUT2D eigenvalue weighted by atomic mass is 31.2. The van der Waals surface area contributed by atoms with Crippen molar-refractivity contribution in [1.82, 2.24) is 24.9 Å². The van der Waals surface area contributed by atoms with Crippen LogP contribution in [0.5, 0.6) is 11.8 Å². The molecule has 0 amide bonds. The second kappa shape index (κ2) is 10.8. The van der Waals surface area contributed by atoms with E-state index >= 15 is 4.39 Å². The van der Waals surface area contributed by atoms with Gasteiger partial charge in [-0.05, 0) is 13.3 Å². The first-order valence-electron chi connectivity index (χ1n) is 12.6. The van der Waals surface area contributed by atoms with Gasteiger partial charge in [0, 0.05) is 38.2 Å². The fraction of sp³-hybridized carbons (Fsp3) is 0.417. The summed E-state index contributed by atoms with van der Waals surface area (Å²) in [6.45, 7) is 4.61. The van der Waals surface area contributed by atoms with Crippen LogP contribution in [0.25, 0.3) is 21.9 Å². The molecule has 1 fully saturated rings. The number of benzene rings is 1. The summed E-state index contributed by atoms with van der Waals surface area (Å²) in [5, 5.41) is 3.21. The zero-order chi connectivity index (χ0) is 28.8. The lowest BCUT2D eigenvalue weighted by atomic mass is 9.89. The number of halogens is 2. The number of nitrogens with zero attached hydrogens (tertiary/aromatic N) is 5. The molecule has 13 nitrogen and oxygen atoms in total. The van der Waals surface area contributed by atoms with Crippen LogP contribution >= 0.6 is 7.82 Å². The SMILES string of the molecule is CCC[C@H](N)C1CN(c2nc(Oc3cnc([C@@H](C)OP(=O)(O)O)nc3)nc3[nH]c4c(NC)cc(F)c(F)c4c23)C1. The Bertz CT molecular complexity index is 1590. The largest absolute Gasteiger partial charge is 0.470 e. The summed E-state index contributed by atoms with van der Waals surface area (Å²) in [6.07, 6.45) is 3.31. The number of nitrogens with two attached hydrogens (primary N) is 1. The van der Waals surface area contributed by atoms with Crippen molar-refractivity contribution in [2.24, 2.45) is 11.7 Å². The van der Waals surface area contributed by atoms with Crippen molar-refractivity contribution in [3.63, 3.8) is 0 Å². The van der Waals surface area contributed by atoms with Crippen LogP contribution in [0.15, 0.2) is 18.5 Å². The van der Waals surface area contributed by atoms with Gasteiger partial charge in [0.15, 0.2) is 23.2 Å². The minimum Gasteiger partial charge on any atom is -0.421 e. The van der Waals surface area contributed by atoms with E-state index in [4.69, 9.17) is 20.3 Å². The second-order valence-corrected chi connectivity index (χ2v) is 10.8. The molecule has 16 heteroatoms. The summed E-state index contributed by atoms with van der Waals surface area (Å²) in [5.74, 6) is -1.30. The molecule has 1 aliphatic heterocycles. The van der Waals surface area contributed by atoms with Gasteiger partial charge in [0.25, 0.3) is 0 Å². The number of anilines is 2. The van der Waals surface area contributed by atoms with E-state index in [1.54, 1.807) is 7.05 Å². The quantitative estimate of drug-likeness (QED) is 0.172. The molecule has 0 spiro atoms. The maximum Gasteiger partial charge on any atom is 0.470 e. The fourth-order valence-electron chi connectivity index (χ4n) is 4.80. The maximum absolute atomic E-state index is 15.2.